The molecular formula is C31H36N2O4. The second-order valence-electron chi connectivity index (χ2n) is 9.97. The second-order valence-corrected chi connectivity index (χ2v) is 9.97. The molecular weight excluding hydrogens is 464 g/mol. The quantitative estimate of drug-likeness (QED) is 0.282. The van der Waals surface area contributed by atoms with Crippen molar-refractivity contribution < 1.29 is 20.1 Å². The van der Waals surface area contributed by atoms with E-state index in [1.54, 1.807) is 12.1 Å². The first-order valence-corrected chi connectivity index (χ1v) is 12.8. The van der Waals surface area contributed by atoms with E-state index in [1.807, 2.05) is 43.3 Å². The van der Waals surface area contributed by atoms with Crippen molar-refractivity contribution in [2.75, 3.05) is 6.54 Å². The smallest absolute Gasteiger partial charge is 0.248 e. The Balaban J connectivity index is 1.35. The molecule has 3 aromatic rings. The zero-order valence-corrected chi connectivity index (χ0v) is 21.6. The van der Waals surface area contributed by atoms with Crippen molar-refractivity contribution >= 4 is 12.0 Å². The van der Waals surface area contributed by atoms with E-state index >= 15 is 0 Å². The molecule has 194 valence electrons. The highest BCUT2D eigenvalue weighted by molar-refractivity contribution is 6.01. The molecule has 0 fully saturated rings. The number of amides is 1. The third-order valence-electron chi connectivity index (χ3n) is 7.16. The maximum atomic E-state index is 13.1. The summed E-state index contributed by atoms with van der Waals surface area (Å²) in [5, 5.41) is 36.1. The summed E-state index contributed by atoms with van der Waals surface area (Å²) < 4.78 is 0. The molecule has 0 saturated heterocycles. The lowest BCUT2D eigenvalue weighted by molar-refractivity contribution is -0.118. The van der Waals surface area contributed by atoms with Gasteiger partial charge in [0.05, 0.1) is 18.8 Å². The van der Waals surface area contributed by atoms with Gasteiger partial charge in [-0.2, -0.15) is 0 Å². The van der Waals surface area contributed by atoms with Gasteiger partial charge in [0.15, 0.2) is 0 Å². The van der Waals surface area contributed by atoms with E-state index in [-0.39, 0.29) is 36.3 Å². The van der Waals surface area contributed by atoms with Crippen LogP contribution in [0.4, 0.5) is 0 Å². The minimum atomic E-state index is -0.753. The molecule has 6 nitrogen and oxygen atoms in total. The number of benzene rings is 3. The SMILES string of the molecule is CC1C(C(=O)N[C@H](C)c2ccccc2)=Cc2cc(C[C@@H](C)NC[C@H](O)c3ccc(O)c(CO)c3)ccc21. The van der Waals surface area contributed by atoms with Crippen molar-refractivity contribution in [1.82, 2.24) is 10.6 Å². The number of rotatable bonds is 10. The molecule has 37 heavy (non-hydrogen) atoms. The fourth-order valence-electron chi connectivity index (χ4n) is 4.89. The number of nitrogens with one attached hydrogen (secondary N) is 2. The fraction of sp³-hybridized carbons (Fsp3) is 0.323. The van der Waals surface area contributed by atoms with Gasteiger partial charge in [-0.25, -0.2) is 0 Å². The van der Waals surface area contributed by atoms with Crippen LogP contribution < -0.4 is 10.6 Å². The molecule has 1 aliphatic carbocycles. The molecule has 0 spiro atoms. The number of carbonyl (C=O) groups is 1. The molecule has 0 aromatic heterocycles. The molecule has 1 amide bonds. The third kappa shape index (κ3) is 6.28. The highest BCUT2D eigenvalue weighted by atomic mass is 16.3. The van der Waals surface area contributed by atoms with Crippen LogP contribution in [0.3, 0.4) is 0 Å². The molecule has 5 N–H and O–H groups in total. The number of fused-ring (bicyclic) bond motifs is 1. The molecule has 1 unspecified atom stereocenters. The van der Waals surface area contributed by atoms with Gasteiger partial charge in [0.2, 0.25) is 5.91 Å². The minimum Gasteiger partial charge on any atom is -0.508 e. The van der Waals surface area contributed by atoms with Gasteiger partial charge in [-0.15, -0.1) is 0 Å². The Morgan fingerprint density at radius 2 is 1.76 bits per heavy atom. The number of carbonyl (C=O) groups excluding carboxylic acids is 1. The fourth-order valence-corrected chi connectivity index (χ4v) is 4.89. The summed E-state index contributed by atoms with van der Waals surface area (Å²) in [4.78, 5) is 13.1. The van der Waals surface area contributed by atoms with Gasteiger partial charge in [0.1, 0.15) is 5.75 Å². The Kier molecular flexibility index (Phi) is 8.44. The monoisotopic (exact) mass is 500 g/mol. The highest BCUT2D eigenvalue weighted by Gasteiger charge is 2.27. The Bertz CT molecular complexity index is 1270. The van der Waals surface area contributed by atoms with Crippen molar-refractivity contribution in [3.05, 3.63) is 106 Å². The van der Waals surface area contributed by atoms with Crippen molar-refractivity contribution in [3.63, 3.8) is 0 Å². The van der Waals surface area contributed by atoms with Crippen molar-refractivity contribution in [2.24, 2.45) is 0 Å². The Hall–Kier alpha value is -3.45. The Morgan fingerprint density at radius 3 is 2.49 bits per heavy atom. The van der Waals surface area contributed by atoms with Crippen molar-refractivity contribution in [1.29, 1.82) is 0 Å². The number of aliphatic hydroxyl groups excluding tert-OH is 2. The second kappa shape index (κ2) is 11.7. The molecule has 4 rings (SSSR count). The van der Waals surface area contributed by atoms with Crippen LogP contribution in [0.15, 0.2) is 72.3 Å². The predicted octanol–water partition coefficient (Wildman–Crippen LogP) is 4.52. The van der Waals surface area contributed by atoms with Gasteiger partial charge >= 0.3 is 0 Å². The van der Waals surface area contributed by atoms with E-state index in [2.05, 4.69) is 42.7 Å². The van der Waals surface area contributed by atoms with Crippen LogP contribution in [0.1, 0.15) is 72.2 Å². The molecule has 0 heterocycles. The minimum absolute atomic E-state index is 0.0195. The van der Waals surface area contributed by atoms with Crippen LogP contribution in [0, 0.1) is 0 Å². The van der Waals surface area contributed by atoms with E-state index < -0.39 is 6.10 Å². The van der Waals surface area contributed by atoms with Crippen LogP contribution in [-0.2, 0) is 17.8 Å². The lowest BCUT2D eigenvalue weighted by Gasteiger charge is -2.19. The van der Waals surface area contributed by atoms with Crippen LogP contribution in [-0.4, -0.2) is 33.8 Å². The molecule has 3 aromatic carbocycles. The standard InChI is InChI=1S/C31H36N2O4/c1-19(32-17-30(36)24-10-12-29(35)26(15-24)18-34)13-22-9-11-27-20(2)28(16-25(27)14-22)31(37)33-21(3)23-7-5-4-6-8-23/h4-12,14-16,19-21,30,32,34-36H,13,17-18H2,1-3H3,(H,33,37)/t19-,20?,21-,30+/m1/s1. The van der Waals surface area contributed by atoms with Crippen LogP contribution in [0.2, 0.25) is 0 Å². The number of aliphatic hydroxyl groups is 2. The topological polar surface area (TPSA) is 102 Å². The van der Waals surface area contributed by atoms with Gasteiger partial charge < -0.3 is 26.0 Å². The number of hydrogen-bond acceptors (Lipinski definition) is 5. The third-order valence-corrected chi connectivity index (χ3v) is 7.16. The molecule has 0 bridgehead atoms. The van der Waals surface area contributed by atoms with Gasteiger partial charge in [0.25, 0.3) is 0 Å². The summed E-state index contributed by atoms with van der Waals surface area (Å²) in [7, 11) is 0. The lowest BCUT2D eigenvalue weighted by atomic mass is 9.95. The zero-order valence-electron chi connectivity index (χ0n) is 21.6. The molecule has 0 saturated carbocycles. The van der Waals surface area contributed by atoms with E-state index in [1.165, 1.54) is 6.07 Å². The summed E-state index contributed by atoms with van der Waals surface area (Å²) in [5.41, 5.74) is 6.29. The van der Waals surface area contributed by atoms with Crippen LogP contribution in [0.25, 0.3) is 6.08 Å². The summed E-state index contributed by atoms with van der Waals surface area (Å²) in [6.07, 6.45) is 2.02. The Morgan fingerprint density at radius 1 is 1.00 bits per heavy atom. The molecule has 6 heteroatoms. The molecule has 0 aliphatic heterocycles. The summed E-state index contributed by atoms with van der Waals surface area (Å²) in [6.45, 7) is 6.20. The lowest BCUT2D eigenvalue weighted by Crippen LogP contribution is -2.32. The average molecular weight is 501 g/mol. The Labute approximate surface area is 218 Å². The average Bonchev–Trinajstić information content (AvgIpc) is 3.23. The van der Waals surface area contributed by atoms with Gasteiger partial charge in [-0.1, -0.05) is 61.5 Å². The largest absolute Gasteiger partial charge is 0.508 e. The number of hydrogen-bond donors (Lipinski definition) is 5. The summed E-state index contributed by atoms with van der Waals surface area (Å²) in [5.74, 6) is 0.0159. The first-order valence-electron chi connectivity index (χ1n) is 12.8. The zero-order chi connectivity index (χ0) is 26.5. The van der Waals surface area contributed by atoms with E-state index in [0.717, 1.165) is 34.2 Å². The maximum absolute atomic E-state index is 13.1. The van der Waals surface area contributed by atoms with Gasteiger partial charge in [-0.3, -0.25) is 4.79 Å². The van der Waals surface area contributed by atoms with E-state index in [0.29, 0.717) is 17.7 Å². The van der Waals surface area contributed by atoms with E-state index in [9.17, 15) is 20.1 Å². The first kappa shape index (κ1) is 26.6. The number of aromatic hydroxyl groups is 1. The first-order chi connectivity index (χ1) is 17.8. The van der Waals surface area contributed by atoms with E-state index in [4.69, 9.17) is 0 Å². The summed E-state index contributed by atoms with van der Waals surface area (Å²) in [6, 6.07) is 21.1. The highest BCUT2D eigenvalue weighted by Crippen LogP contribution is 2.37. The van der Waals surface area contributed by atoms with Crippen LogP contribution in [0.5, 0.6) is 5.75 Å². The van der Waals surface area contributed by atoms with Crippen LogP contribution >= 0.6 is 0 Å². The summed E-state index contributed by atoms with van der Waals surface area (Å²) >= 11 is 0. The normalized spacial score (nSPS) is 17.0. The van der Waals surface area contributed by atoms with Gasteiger partial charge in [-0.05, 0) is 66.3 Å². The predicted molar refractivity (Wildman–Crippen MR) is 146 cm³/mol. The molecule has 1 aliphatic rings. The molecule has 0 radical (unpaired) electrons. The van der Waals surface area contributed by atoms with Crippen molar-refractivity contribution in [3.8, 4) is 5.75 Å². The van der Waals surface area contributed by atoms with Gasteiger partial charge in [0, 0.05) is 29.6 Å². The maximum Gasteiger partial charge on any atom is 0.248 e. The van der Waals surface area contributed by atoms with Crippen molar-refractivity contribution in [2.45, 2.75) is 57.9 Å². The molecule has 4 atom stereocenters. The number of phenols is 1.